The first-order valence-electron chi connectivity index (χ1n) is 6.99. The summed E-state index contributed by atoms with van der Waals surface area (Å²) in [7, 11) is 2.99. The highest BCUT2D eigenvalue weighted by Gasteiger charge is 2.13. The van der Waals surface area contributed by atoms with Gasteiger partial charge in [0.25, 0.3) is 5.91 Å². The van der Waals surface area contributed by atoms with Crippen LogP contribution in [-0.2, 0) is 9.53 Å². The monoisotopic (exact) mass is 293 g/mol. The van der Waals surface area contributed by atoms with Gasteiger partial charge in [-0.2, -0.15) is 0 Å². The molecule has 0 unspecified atom stereocenters. The number of hydrogen-bond acceptors (Lipinski definition) is 4. The molecule has 0 heterocycles. The highest BCUT2D eigenvalue weighted by Crippen LogP contribution is 2.14. The first-order valence-corrected chi connectivity index (χ1v) is 6.99. The summed E-state index contributed by atoms with van der Waals surface area (Å²) in [6.07, 6.45) is 0.189. The summed E-state index contributed by atoms with van der Waals surface area (Å²) in [5.74, 6) is 0.745. The Hall–Kier alpha value is -2.04. The zero-order valence-corrected chi connectivity index (χ0v) is 13.1. The van der Waals surface area contributed by atoms with Crippen molar-refractivity contribution >= 4 is 11.9 Å². The molecule has 0 saturated heterocycles. The summed E-state index contributed by atoms with van der Waals surface area (Å²) in [6, 6.07) is 7.02. The van der Waals surface area contributed by atoms with Crippen molar-refractivity contribution in [1.82, 2.24) is 4.90 Å². The SMILES string of the molecule is COC(=O)CCN(C)C(=O)c1ccc(OCC(C)C)cc1. The number of hydrogen-bond donors (Lipinski definition) is 0. The minimum absolute atomic E-state index is 0.130. The molecule has 0 aliphatic rings. The normalized spacial score (nSPS) is 10.3. The van der Waals surface area contributed by atoms with Crippen LogP contribution in [0.15, 0.2) is 24.3 Å². The van der Waals surface area contributed by atoms with Crippen molar-refractivity contribution in [2.75, 3.05) is 27.3 Å². The summed E-state index contributed by atoms with van der Waals surface area (Å²) in [5, 5.41) is 0. The van der Waals surface area contributed by atoms with E-state index in [-0.39, 0.29) is 18.3 Å². The van der Waals surface area contributed by atoms with Crippen molar-refractivity contribution < 1.29 is 19.1 Å². The quantitative estimate of drug-likeness (QED) is 0.724. The van der Waals surface area contributed by atoms with Crippen LogP contribution in [0.5, 0.6) is 5.75 Å². The average Bonchev–Trinajstić information content (AvgIpc) is 2.49. The predicted molar refractivity (Wildman–Crippen MR) is 80.4 cm³/mol. The van der Waals surface area contributed by atoms with Crippen molar-refractivity contribution in [3.05, 3.63) is 29.8 Å². The van der Waals surface area contributed by atoms with E-state index in [0.717, 1.165) is 5.75 Å². The van der Waals surface area contributed by atoms with E-state index in [4.69, 9.17) is 4.74 Å². The molecular formula is C16H23NO4. The minimum atomic E-state index is -0.327. The second-order valence-corrected chi connectivity index (χ2v) is 5.28. The van der Waals surface area contributed by atoms with Gasteiger partial charge in [-0.25, -0.2) is 0 Å². The first-order chi connectivity index (χ1) is 9.93. The van der Waals surface area contributed by atoms with Crippen molar-refractivity contribution in [3.8, 4) is 5.75 Å². The molecule has 1 amide bonds. The van der Waals surface area contributed by atoms with Gasteiger partial charge in [-0.15, -0.1) is 0 Å². The third-order valence-corrected chi connectivity index (χ3v) is 2.91. The van der Waals surface area contributed by atoms with Gasteiger partial charge in [-0.1, -0.05) is 13.8 Å². The molecule has 116 valence electrons. The van der Waals surface area contributed by atoms with Gasteiger partial charge in [0.05, 0.1) is 20.1 Å². The van der Waals surface area contributed by atoms with Gasteiger partial charge in [0.15, 0.2) is 0 Å². The van der Waals surface area contributed by atoms with Crippen molar-refractivity contribution in [3.63, 3.8) is 0 Å². The number of carbonyl (C=O) groups is 2. The fraction of sp³-hybridized carbons (Fsp3) is 0.500. The van der Waals surface area contributed by atoms with E-state index in [1.54, 1.807) is 31.3 Å². The maximum Gasteiger partial charge on any atom is 0.307 e. The molecule has 0 aliphatic carbocycles. The third-order valence-electron chi connectivity index (χ3n) is 2.91. The predicted octanol–water partition coefficient (Wildman–Crippen LogP) is 2.36. The highest BCUT2D eigenvalue weighted by molar-refractivity contribution is 5.94. The molecule has 0 aromatic heterocycles. The maximum absolute atomic E-state index is 12.2. The van der Waals surface area contributed by atoms with Gasteiger partial charge >= 0.3 is 5.97 Å². The van der Waals surface area contributed by atoms with Gasteiger partial charge < -0.3 is 14.4 Å². The first kappa shape index (κ1) is 17.0. The number of nitrogens with zero attached hydrogens (tertiary/aromatic N) is 1. The van der Waals surface area contributed by atoms with Gasteiger partial charge in [0, 0.05) is 19.2 Å². The summed E-state index contributed by atoms with van der Waals surface area (Å²) < 4.78 is 10.1. The Kier molecular flexibility index (Phi) is 6.72. The fourth-order valence-electron chi connectivity index (χ4n) is 1.64. The smallest absolute Gasteiger partial charge is 0.307 e. The summed E-state index contributed by atoms with van der Waals surface area (Å²) >= 11 is 0. The number of esters is 1. The van der Waals surface area contributed by atoms with Gasteiger partial charge in [0.1, 0.15) is 5.75 Å². The standard InChI is InChI=1S/C16H23NO4/c1-12(2)11-21-14-7-5-13(6-8-14)16(19)17(3)10-9-15(18)20-4/h5-8,12H,9-11H2,1-4H3. The molecule has 0 N–H and O–H groups in total. The van der Waals surface area contributed by atoms with Gasteiger partial charge in [0.2, 0.25) is 0 Å². The van der Waals surface area contributed by atoms with Crippen molar-refractivity contribution in [2.24, 2.45) is 5.92 Å². The Morgan fingerprint density at radius 2 is 1.81 bits per heavy atom. The Morgan fingerprint density at radius 1 is 1.19 bits per heavy atom. The number of carbonyl (C=O) groups excluding carboxylic acids is 2. The number of amides is 1. The van der Waals surface area contributed by atoms with Crippen LogP contribution in [0.4, 0.5) is 0 Å². The highest BCUT2D eigenvalue weighted by atomic mass is 16.5. The molecule has 1 aromatic rings. The summed E-state index contributed by atoms with van der Waals surface area (Å²) in [5.41, 5.74) is 0.569. The van der Waals surface area contributed by atoms with E-state index in [2.05, 4.69) is 18.6 Å². The van der Waals surface area contributed by atoms with E-state index in [1.807, 2.05) is 0 Å². The number of methoxy groups -OCH3 is 1. The van der Waals surface area contributed by atoms with E-state index < -0.39 is 0 Å². The van der Waals surface area contributed by atoms with Gasteiger partial charge in [-0.3, -0.25) is 9.59 Å². The number of benzene rings is 1. The van der Waals surface area contributed by atoms with Gasteiger partial charge in [-0.05, 0) is 30.2 Å². The lowest BCUT2D eigenvalue weighted by atomic mass is 10.2. The largest absolute Gasteiger partial charge is 0.493 e. The average molecular weight is 293 g/mol. The molecule has 0 radical (unpaired) electrons. The van der Waals surface area contributed by atoms with Crippen LogP contribution in [0.1, 0.15) is 30.6 Å². The Morgan fingerprint density at radius 3 is 2.33 bits per heavy atom. The summed E-state index contributed by atoms with van der Waals surface area (Å²) in [4.78, 5) is 24.7. The molecule has 1 rings (SSSR count). The lowest BCUT2D eigenvalue weighted by Gasteiger charge is -2.16. The van der Waals surface area contributed by atoms with Crippen LogP contribution in [0.25, 0.3) is 0 Å². The molecule has 21 heavy (non-hydrogen) atoms. The molecule has 0 saturated carbocycles. The molecule has 1 aromatic carbocycles. The van der Waals surface area contributed by atoms with Crippen LogP contribution >= 0.6 is 0 Å². The minimum Gasteiger partial charge on any atom is -0.493 e. The van der Waals surface area contributed by atoms with Crippen LogP contribution < -0.4 is 4.74 Å². The summed E-state index contributed by atoms with van der Waals surface area (Å²) in [6.45, 7) is 5.13. The topological polar surface area (TPSA) is 55.8 Å². The maximum atomic E-state index is 12.2. The van der Waals surface area contributed by atoms with Crippen LogP contribution in [-0.4, -0.2) is 44.1 Å². The van der Waals surface area contributed by atoms with E-state index in [1.165, 1.54) is 12.0 Å². The van der Waals surface area contributed by atoms with E-state index in [9.17, 15) is 9.59 Å². The number of rotatable bonds is 7. The zero-order chi connectivity index (χ0) is 15.8. The second kappa shape index (κ2) is 8.29. The molecule has 5 nitrogen and oxygen atoms in total. The van der Waals surface area contributed by atoms with Crippen molar-refractivity contribution in [2.45, 2.75) is 20.3 Å². The Balaban J connectivity index is 2.55. The van der Waals surface area contributed by atoms with Crippen LogP contribution in [0, 0.1) is 5.92 Å². The molecule has 0 atom stereocenters. The molecule has 0 bridgehead atoms. The molecular weight excluding hydrogens is 270 g/mol. The zero-order valence-electron chi connectivity index (χ0n) is 13.1. The Labute approximate surface area is 125 Å². The lowest BCUT2D eigenvalue weighted by Crippen LogP contribution is -2.29. The molecule has 0 aliphatic heterocycles. The fourth-order valence-corrected chi connectivity index (χ4v) is 1.64. The molecule has 0 spiro atoms. The van der Waals surface area contributed by atoms with Crippen molar-refractivity contribution in [1.29, 1.82) is 0 Å². The van der Waals surface area contributed by atoms with E-state index in [0.29, 0.717) is 24.6 Å². The molecule has 0 fully saturated rings. The van der Waals surface area contributed by atoms with Crippen LogP contribution in [0.2, 0.25) is 0 Å². The Bertz CT molecular complexity index is 468. The molecule has 5 heteroatoms. The second-order valence-electron chi connectivity index (χ2n) is 5.28. The van der Waals surface area contributed by atoms with E-state index >= 15 is 0 Å². The third kappa shape index (κ3) is 5.85. The lowest BCUT2D eigenvalue weighted by molar-refractivity contribution is -0.140. The number of ether oxygens (including phenoxy) is 2. The van der Waals surface area contributed by atoms with Crippen LogP contribution in [0.3, 0.4) is 0 Å².